The van der Waals surface area contributed by atoms with E-state index in [1.165, 1.54) is 19.3 Å². The Bertz CT molecular complexity index is 1070. The standard InChI is InChI=1S/C20H15BrO5/c1-24-18-7-4-12(9-19(18)25-2)3-6-16(22)15-11-13-10-14(21)5-8-17(13)26-20(15)23/h3-11H,1-2H3. The van der Waals surface area contributed by atoms with Crippen molar-refractivity contribution >= 4 is 38.8 Å². The van der Waals surface area contributed by atoms with E-state index in [0.717, 1.165) is 10.0 Å². The van der Waals surface area contributed by atoms with Crippen molar-refractivity contribution in [3.63, 3.8) is 0 Å². The van der Waals surface area contributed by atoms with Gasteiger partial charge in [-0.2, -0.15) is 0 Å². The molecule has 0 radical (unpaired) electrons. The molecule has 132 valence electrons. The average molecular weight is 415 g/mol. The number of hydrogen-bond acceptors (Lipinski definition) is 5. The third-order valence-corrected chi connectivity index (χ3v) is 4.29. The van der Waals surface area contributed by atoms with Crippen LogP contribution in [0, 0.1) is 0 Å². The number of fused-ring (bicyclic) bond motifs is 1. The van der Waals surface area contributed by atoms with Crippen LogP contribution in [0.15, 0.2) is 62.2 Å². The molecule has 0 saturated carbocycles. The summed E-state index contributed by atoms with van der Waals surface area (Å²) in [4.78, 5) is 24.5. The van der Waals surface area contributed by atoms with Crippen LogP contribution in [0.5, 0.6) is 11.5 Å². The van der Waals surface area contributed by atoms with Gasteiger partial charge in [-0.1, -0.05) is 28.1 Å². The lowest BCUT2D eigenvalue weighted by Gasteiger charge is -2.07. The second-order valence-corrected chi connectivity index (χ2v) is 6.36. The SMILES string of the molecule is COc1ccc(C=CC(=O)c2cc3cc(Br)ccc3oc2=O)cc1OC. The average Bonchev–Trinajstić information content (AvgIpc) is 2.65. The molecule has 0 aliphatic heterocycles. The first kappa shape index (κ1) is 17.9. The number of ether oxygens (including phenoxy) is 2. The summed E-state index contributed by atoms with van der Waals surface area (Å²) < 4.78 is 16.5. The van der Waals surface area contributed by atoms with Gasteiger partial charge in [0, 0.05) is 9.86 Å². The molecule has 0 saturated heterocycles. The van der Waals surface area contributed by atoms with Crippen LogP contribution in [0.3, 0.4) is 0 Å². The molecule has 0 fully saturated rings. The highest BCUT2D eigenvalue weighted by Gasteiger charge is 2.12. The van der Waals surface area contributed by atoms with Gasteiger partial charge < -0.3 is 13.9 Å². The van der Waals surface area contributed by atoms with E-state index in [9.17, 15) is 9.59 Å². The zero-order chi connectivity index (χ0) is 18.7. The molecule has 6 heteroatoms. The highest BCUT2D eigenvalue weighted by atomic mass is 79.9. The van der Waals surface area contributed by atoms with Crippen molar-refractivity contribution in [2.75, 3.05) is 14.2 Å². The van der Waals surface area contributed by atoms with E-state index in [2.05, 4.69) is 15.9 Å². The van der Waals surface area contributed by atoms with Crippen LogP contribution in [-0.2, 0) is 0 Å². The van der Waals surface area contributed by atoms with Gasteiger partial charge in [0.15, 0.2) is 17.3 Å². The highest BCUT2D eigenvalue weighted by Crippen LogP contribution is 2.28. The number of halogens is 1. The van der Waals surface area contributed by atoms with Gasteiger partial charge >= 0.3 is 5.63 Å². The molecule has 26 heavy (non-hydrogen) atoms. The Morgan fingerprint density at radius 3 is 2.54 bits per heavy atom. The topological polar surface area (TPSA) is 65.7 Å². The Hall–Kier alpha value is -2.86. The van der Waals surface area contributed by atoms with Crippen molar-refractivity contribution < 1.29 is 18.7 Å². The molecule has 0 aliphatic rings. The van der Waals surface area contributed by atoms with Gasteiger partial charge in [-0.25, -0.2) is 4.79 Å². The number of allylic oxidation sites excluding steroid dienone is 1. The van der Waals surface area contributed by atoms with Gasteiger partial charge in [0.05, 0.1) is 14.2 Å². The number of rotatable bonds is 5. The second-order valence-electron chi connectivity index (χ2n) is 5.44. The summed E-state index contributed by atoms with van der Waals surface area (Å²) in [6.45, 7) is 0. The molecule has 1 heterocycles. The minimum atomic E-state index is -0.665. The Labute approximate surface area is 158 Å². The van der Waals surface area contributed by atoms with E-state index >= 15 is 0 Å². The Balaban J connectivity index is 1.92. The molecular weight excluding hydrogens is 400 g/mol. The van der Waals surface area contributed by atoms with E-state index in [1.54, 1.807) is 49.6 Å². The molecule has 0 unspecified atom stereocenters. The van der Waals surface area contributed by atoms with Gasteiger partial charge in [0.1, 0.15) is 11.1 Å². The molecule has 1 aromatic heterocycles. The lowest BCUT2D eigenvalue weighted by Crippen LogP contribution is -2.11. The molecule has 0 bridgehead atoms. The first-order chi connectivity index (χ1) is 12.5. The van der Waals surface area contributed by atoms with Gasteiger partial charge in [-0.15, -0.1) is 0 Å². The van der Waals surface area contributed by atoms with Crippen molar-refractivity contribution in [3.8, 4) is 11.5 Å². The molecule has 0 aliphatic carbocycles. The smallest absolute Gasteiger partial charge is 0.347 e. The van der Waals surface area contributed by atoms with Crippen molar-refractivity contribution in [1.82, 2.24) is 0 Å². The van der Waals surface area contributed by atoms with Crippen molar-refractivity contribution in [1.29, 1.82) is 0 Å². The lowest BCUT2D eigenvalue weighted by molar-refractivity contribution is 0.104. The minimum absolute atomic E-state index is 0.0210. The third-order valence-electron chi connectivity index (χ3n) is 3.79. The van der Waals surface area contributed by atoms with Crippen LogP contribution >= 0.6 is 15.9 Å². The van der Waals surface area contributed by atoms with E-state index in [0.29, 0.717) is 22.5 Å². The van der Waals surface area contributed by atoms with Crippen LogP contribution in [0.4, 0.5) is 0 Å². The van der Waals surface area contributed by atoms with E-state index in [1.807, 2.05) is 0 Å². The van der Waals surface area contributed by atoms with Gasteiger partial charge in [-0.3, -0.25) is 4.79 Å². The summed E-state index contributed by atoms with van der Waals surface area (Å²) in [6.07, 6.45) is 2.94. The zero-order valence-corrected chi connectivity index (χ0v) is 15.7. The van der Waals surface area contributed by atoms with Crippen molar-refractivity contribution in [3.05, 3.63) is 74.6 Å². The second kappa shape index (κ2) is 7.58. The molecule has 3 aromatic rings. The van der Waals surface area contributed by atoms with Crippen LogP contribution in [0.25, 0.3) is 17.0 Å². The number of ketones is 1. The van der Waals surface area contributed by atoms with Crippen LogP contribution in [-0.4, -0.2) is 20.0 Å². The number of carbonyl (C=O) groups is 1. The van der Waals surface area contributed by atoms with Gasteiger partial charge in [0.25, 0.3) is 0 Å². The molecule has 3 rings (SSSR count). The number of carbonyl (C=O) groups excluding carboxylic acids is 1. The predicted octanol–water partition coefficient (Wildman–Crippen LogP) is 4.47. The summed E-state index contributed by atoms with van der Waals surface area (Å²) in [5.41, 5.74) is 0.483. The molecule has 0 N–H and O–H groups in total. The molecule has 5 nitrogen and oxygen atoms in total. The normalized spacial score (nSPS) is 11.0. The van der Waals surface area contributed by atoms with Crippen LogP contribution in [0.2, 0.25) is 0 Å². The first-order valence-corrected chi connectivity index (χ1v) is 8.49. The maximum atomic E-state index is 12.4. The largest absolute Gasteiger partial charge is 0.493 e. The summed E-state index contributed by atoms with van der Waals surface area (Å²) in [5, 5.41) is 0.668. The monoisotopic (exact) mass is 414 g/mol. The molecule has 0 amide bonds. The van der Waals surface area contributed by atoms with Crippen LogP contribution < -0.4 is 15.1 Å². The molecule has 0 spiro atoms. The lowest BCUT2D eigenvalue weighted by atomic mass is 10.1. The fraction of sp³-hybridized carbons (Fsp3) is 0.100. The molecular formula is C20H15BrO5. The first-order valence-electron chi connectivity index (χ1n) is 7.69. The maximum Gasteiger partial charge on any atom is 0.347 e. The summed E-state index contributed by atoms with van der Waals surface area (Å²) in [6, 6.07) is 12.0. The Morgan fingerprint density at radius 2 is 1.81 bits per heavy atom. The Kier molecular flexibility index (Phi) is 5.23. The summed E-state index contributed by atoms with van der Waals surface area (Å²) >= 11 is 3.36. The van der Waals surface area contributed by atoms with Gasteiger partial charge in [-0.05, 0) is 48.0 Å². The fourth-order valence-corrected chi connectivity index (χ4v) is 2.86. The van der Waals surface area contributed by atoms with Crippen LogP contribution in [0.1, 0.15) is 15.9 Å². The third kappa shape index (κ3) is 3.70. The summed E-state index contributed by atoms with van der Waals surface area (Å²) in [7, 11) is 3.09. The van der Waals surface area contributed by atoms with Crippen molar-refractivity contribution in [2.45, 2.75) is 0 Å². The zero-order valence-electron chi connectivity index (χ0n) is 14.1. The van der Waals surface area contributed by atoms with E-state index < -0.39 is 11.4 Å². The summed E-state index contributed by atoms with van der Waals surface area (Å²) in [5.74, 6) is 0.712. The van der Waals surface area contributed by atoms with E-state index in [-0.39, 0.29) is 5.56 Å². The number of benzene rings is 2. The van der Waals surface area contributed by atoms with E-state index in [4.69, 9.17) is 13.9 Å². The quantitative estimate of drug-likeness (QED) is 0.350. The molecule has 0 atom stereocenters. The number of methoxy groups -OCH3 is 2. The number of hydrogen-bond donors (Lipinski definition) is 0. The minimum Gasteiger partial charge on any atom is -0.493 e. The predicted molar refractivity (Wildman–Crippen MR) is 103 cm³/mol. The van der Waals surface area contributed by atoms with Gasteiger partial charge in [0.2, 0.25) is 0 Å². The maximum absolute atomic E-state index is 12.4. The fourth-order valence-electron chi connectivity index (χ4n) is 2.48. The van der Waals surface area contributed by atoms with Crippen molar-refractivity contribution in [2.24, 2.45) is 0 Å². The molecule has 2 aromatic carbocycles. The highest BCUT2D eigenvalue weighted by molar-refractivity contribution is 9.10. The Morgan fingerprint density at radius 1 is 1.04 bits per heavy atom.